The number of ether oxygens (including phenoxy) is 1. The Morgan fingerprint density at radius 3 is 3.11 bits per heavy atom. The van der Waals surface area contributed by atoms with Crippen LogP contribution in [0.5, 0.6) is 0 Å². The number of rotatable bonds is 6. The third-order valence-electron chi connectivity index (χ3n) is 4.69. The van der Waals surface area contributed by atoms with Crippen LogP contribution in [0.2, 0.25) is 0 Å². The van der Waals surface area contributed by atoms with E-state index in [0.717, 1.165) is 43.0 Å². The topological polar surface area (TPSA) is 96.7 Å². The summed E-state index contributed by atoms with van der Waals surface area (Å²) in [5.41, 5.74) is 0.991. The molecule has 4 rings (SSSR count). The van der Waals surface area contributed by atoms with Gasteiger partial charge in [0.25, 0.3) is 5.91 Å². The van der Waals surface area contributed by atoms with Gasteiger partial charge in [-0.1, -0.05) is 0 Å². The van der Waals surface area contributed by atoms with E-state index in [-0.39, 0.29) is 23.7 Å². The van der Waals surface area contributed by atoms with Crippen molar-refractivity contribution in [3.05, 3.63) is 34.7 Å². The van der Waals surface area contributed by atoms with Crippen LogP contribution in [0.4, 0.5) is 5.13 Å². The van der Waals surface area contributed by atoms with Crippen molar-refractivity contribution in [1.29, 1.82) is 0 Å². The summed E-state index contributed by atoms with van der Waals surface area (Å²) in [5.74, 6) is -0.0333. The standard InChI is InChI=1S/C18H22N4O4S/c23-16(19-9-12-3-1-7-25-12)11-22-6-5-13-15(10-22)27-18(20-13)21-17(24)14-4-2-8-26-14/h2,4,8,12H,1,3,5-7,9-11H2,(H,19,23)(H,20,21,24). The van der Waals surface area contributed by atoms with Crippen molar-refractivity contribution in [2.45, 2.75) is 31.9 Å². The summed E-state index contributed by atoms with van der Waals surface area (Å²) in [6.45, 7) is 3.17. The van der Waals surface area contributed by atoms with Gasteiger partial charge in [0.15, 0.2) is 10.9 Å². The Hall–Kier alpha value is -2.23. The first-order valence-electron chi connectivity index (χ1n) is 9.11. The quantitative estimate of drug-likeness (QED) is 0.778. The minimum atomic E-state index is -0.309. The van der Waals surface area contributed by atoms with Gasteiger partial charge in [-0.15, -0.1) is 11.3 Å². The zero-order chi connectivity index (χ0) is 18.6. The van der Waals surface area contributed by atoms with E-state index in [1.165, 1.54) is 17.6 Å². The monoisotopic (exact) mass is 390 g/mol. The van der Waals surface area contributed by atoms with Crippen LogP contribution < -0.4 is 10.6 Å². The van der Waals surface area contributed by atoms with Crippen molar-refractivity contribution in [3.8, 4) is 0 Å². The fourth-order valence-corrected chi connectivity index (χ4v) is 4.34. The molecule has 27 heavy (non-hydrogen) atoms. The second-order valence-electron chi connectivity index (χ2n) is 6.72. The number of nitrogens with zero attached hydrogens (tertiary/aromatic N) is 2. The lowest BCUT2D eigenvalue weighted by Crippen LogP contribution is -2.41. The van der Waals surface area contributed by atoms with E-state index in [1.54, 1.807) is 12.1 Å². The van der Waals surface area contributed by atoms with Crippen molar-refractivity contribution in [3.63, 3.8) is 0 Å². The van der Waals surface area contributed by atoms with Crippen molar-refractivity contribution < 1.29 is 18.7 Å². The van der Waals surface area contributed by atoms with Crippen molar-refractivity contribution in [2.24, 2.45) is 0 Å². The average Bonchev–Trinajstić information content (AvgIpc) is 3.40. The molecule has 1 saturated heterocycles. The first-order valence-corrected chi connectivity index (χ1v) is 9.93. The first kappa shape index (κ1) is 18.1. The molecule has 9 heteroatoms. The summed E-state index contributed by atoms with van der Waals surface area (Å²) < 4.78 is 10.6. The number of amides is 2. The van der Waals surface area contributed by atoms with Crippen molar-refractivity contribution >= 4 is 28.3 Å². The molecule has 2 aliphatic rings. The lowest BCUT2D eigenvalue weighted by Gasteiger charge is -2.25. The Balaban J connectivity index is 1.28. The van der Waals surface area contributed by atoms with Gasteiger partial charge < -0.3 is 14.5 Å². The molecule has 2 amide bonds. The second kappa shape index (κ2) is 8.20. The van der Waals surface area contributed by atoms with Gasteiger partial charge in [0.1, 0.15) is 0 Å². The molecule has 0 spiro atoms. The molecule has 0 radical (unpaired) electrons. The largest absolute Gasteiger partial charge is 0.459 e. The van der Waals surface area contributed by atoms with Crippen molar-refractivity contribution in [1.82, 2.24) is 15.2 Å². The number of fused-ring (bicyclic) bond motifs is 1. The zero-order valence-electron chi connectivity index (χ0n) is 14.9. The summed E-state index contributed by atoms with van der Waals surface area (Å²) in [4.78, 5) is 31.9. The molecule has 8 nitrogen and oxygen atoms in total. The minimum Gasteiger partial charge on any atom is -0.459 e. The lowest BCUT2D eigenvalue weighted by atomic mass is 10.2. The van der Waals surface area contributed by atoms with Gasteiger partial charge >= 0.3 is 0 Å². The number of anilines is 1. The lowest BCUT2D eigenvalue weighted by molar-refractivity contribution is -0.122. The number of hydrogen-bond donors (Lipinski definition) is 2. The number of carbonyl (C=O) groups is 2. The maximum Gasteiger partial charge on any atom is 0.293 e. The molecule has 1 fully saturated rings. The van der Waals surface area contributed by atoms with Gasteiger partial charge in [0.2, 0.25) is 5.91 Å². The molecule has 4 heterocycles. The van der Waals surface area contributed by atoms with Gasteiger partial charge in [0, 0.05) is 37.5 Å². The zero-order valence-corrected chi connectivity index (χ0v) is 15.7. The molecular weight excluding hydrogens is 368 g/mol. The number of hydrogen-bond acceptors (Lipinski definition) is 7. The van der Waals surface area contributed by atoms with E-state index < -0.39 is 0 Å². The van der Waals surface area contributed by atoms with Gasteiger partial charge in [-0.2, -0.15) is 0 Å². The SMILES string of the molecule is O=C(CN1CCc2nc(NC(=O)c3ccco3)sc2C1)NCC1CCCO1. The van der Waals surface area contributed by atoms with Crippen LogP contribution in [0.3, 0.4) is 0 Å². The van der Waals surface area contributed by atoms with Crippen LogP contribution >= 0.6 is 11.3 Å². The molecule has 0 saturated carbocycles. The summed E-state index contributed by atoms with van der Waals surface area (Å²) in [7, 11) is 0. The first-order chi connectivity index (χ1) is 13.2. The number of carbonyl (C=O) groups excluding carboxylic acids is 2. The van der Waals surface area contributed by atoms with Crippen LogP contribution in [-0.4, -0.2) is 54.0 Å². The smallest absolute Gasteiger partial charge is 0.293 e. The Bertz CT molecular complexity index is 798. The van der Waals surface area contributed by atoms with Crippen LogP contribution in [-0.2, 0) is 22.5 Å². The van der Waals surface area contributed by atoms with E-state index >= 15 is 0 Å². The number of nitrogens with one attached hydrogen (secondary N) is 2. The van der Waals surface area contributed by atoms with Crippen LogP contribution in [0.25, 0.3) is 0 Å². The Kier molecular flexibility index (Phi) is 5.51. The maximum absolute atomic E-state index is 12.2. The fraction of sp³-hybridized carbons (Fsp3) is 0.500. The van der Waals surface area contributed by atoms with Gasteiger partial charge in [0.05, 0.1) is 24.6 Å². The second-order valence-corrected chi connectivity index (χ2v) is 7.80. The molecule has 2 aromatic rings. The molecule has 2 aromatic heterocycles. The van der Waals surface area contributed by atoms with Crippen LogP contribution in [0.15, 0.2) is 22.8 Å². The predicted octanol–water partition coefficient (Wildman–Crippen LogP) is 1.64. The molecule has 1 unspecified atom stereocenters. The average molecular weight is 390 g/mol. The molecule has 0 bridgehead atoms. The summed E-state index contributed by atoms with van der Waals surface area (Å²) in [5, 5.41) is 6.29. The van der Waals surface area contributed by atoms with E-state index in [4.69, 9.17) is 9.15 Å². The summed E-state index contributed by atoms with van der Waals surface area (Å²) in [6.07, 6.45) is 4.47. The van der Waals surface area contributed by atoms with E-state index in [1.807, 2.05) is 0 Å². The molecular formula is C18H22N4O4S. The Labute approximate surface area is 160 Å². The summed E-state index contributed by atoms with van der Waals surface area (Å²) >= 11 is 1.45. The van der Waals surface area contributed by atoms with Crippen LogP contribution in [0.1, 0.15) is 34.0 Å². The van der Waals surface area contributed by atoms with Crippen LogP contribution in [0, 0.1) is 0 Å². The van der Waals surface area contributed by atoms with E-state index in [0.29, 0.717) is 24.8 Å². The summed E-state index contributed by atoms with van der Waals surface area (Å²) in [6, 6.07) is 3.28. The number of furan rings is 1. The molecule has 2 aliphatic heterocycles. The molecule has 2 N–H and O–H groups in total. The Morgan fingerprint density at radius 2 is 2.33 bits per heavy atom. The highest BCUT2D eigenvalue weighted by atomic mass is 32.1. The highest BCUT2D eigenvalue weighted by molar-refractivity contribution is 7.15. The van der Waals surface area contributed by atoms with Gasteiger partial charge in [-0.25, -0.2) is 4.98 Å². The Morgan fingerprint density at radius 1 is 1.41 bits per heavy atom. The molecule has 0 aliphatic carbocycles. The molecule has 144 valence electrons. The molecule has 0 aromatic carbocycles. The minimum absolute atomic E-state index is 0.0183. The highest BCUT2D eigenvalue weighted by Gasteiger charge is 2.24. The maximum atomic E-state index is 12.2. The number of thiazole rings is 1. The fourth-order valence-electron chi connectivity index (χ4n) is 3.30. The normalized spacial score (nSPS) is 19.6. The number of aromatic nitrogens is 1. The van der Waals surface area contributed by atoms with Crippen molar-refractivity contribution in [2.75, 3.05) is 31.6 Å². The van der Waals surface area contributed by atoms with E-state index in [2.05, 4.69) is 20.5 Å². The van der Waals surface area contributed by atoms with Gasteiger partial charge in [-0.3, -0.25) is 19.8 Å². The van der Waals surface area contributed by atoms with E-state index in [9.17, 15) is 9.59 Å². The predicted molar refractivity (Wildman–Crippen MR) is 99.7 cm³/mol. The third kappa shape index (κ3) is 4.55. The molecule has 1 atom stereocenters. The highest BCUT2D eigenvalue weighted by Crippen LogP contribution is 2.28. The third-order valence-corrected chi connectivity index (χ3v) is 5.69. The van der Waals surface area contributed by atoms with Gasteiger partial charge in [-0.05, 0) is 25.0 Å².